The summed E-state index contributed by atoms with van der Waals surface area (Å²) < 4.78 is 0. The molecule has 3 rings (SSSR count). The summed E-state index contributed by atoms with van der Waals surface area (Å²) in [5.74, 6) is 1.58. The third-order valence-corrected chi connectivity index (χ3v) is 3.25. The zero-order valence-corrected chi connectivity index (χ0v) is 9.35. The third kappa shape index (κ3) is 1.73. The van der Waals surface area contributed by atoms with Crippen molar-refractivity contribution in [3.63, 3.8) is 0 Å². The van der Waals surface area contributed by atoms with Gasteiger partial charge in [0.25, 0.3) is 0 Å². The molecule has 0 saturated heterocycles. The summed E-state index contributed by atoms with van der Waals surface area (Å²) in [7, 11) is 0. The van der Waals surface area contributed by atoms with Gasteiger partial charge in [0, 0.05) is 17.6 Å². The lowest BCUT2D eigenvalue weighted by molar-refractivity contribution is 0.772. The average molecular weight is 213 g/mol. The molecule has 0 amide bonds. The van der Waals surface area contributed by atoms with Crippen molar-refractivity contribution in [2.75, 3.05) is 5.32 Å². The highest BCUT2D eigenvalue weighted by Gasteiger charge is 2.35. The second kappa shape index (κ2) is 3.74. The molecule has 82 valence electrons. The van der Waals surface area contributed by atoms with E-state index in [-0.39, 0.29) is 0 Å². The van der Waals surface area contributed by atoms with Crippen LogP contribution >= 0.6 is 0 Å². The molecule has 1 aliphatic rings. The Labute approximate surface area is 94.9 Å². The lowest BCUT2D eigenvalue weighted by Gasteiger charge is -2.04. The van der Waals surface area contributed by atoms with Crippen LogP contribution in [0.3, 0.4) is 0 Å². The van der Waals surface area contributed by atoms with Crippen LogP contribution < -0.4 is 5.32 Å². The highest BCUT2D eigenvalue weighted by atomic mass is 15.1. The molecular formula is C13H15N3. The first-order valence-electron chi connectivity index (χ1n) is 5.85. The molecule has 0 aliphatic heterocycles. The Bertz CT molecular complexity index is 509. The summed E-state index contributed by atoms with van der Waals surface area (Å²) in [6.07, 6.45) is 4.38. The second-order valence-electron chi connectivity index (χ2n) is 4.41. The Hall–Kier alpha value is -1.64. The molecule has 1 aliphatic carbocycles. The van der Waals surface area contributed by atoms with Gasteiger partial charge < -0.3 is 5.32 Å². The number of hydrogen-bond donors (Lipinski definition) is 1. The van der Waals surface area contributed by atoms with E-state index in [0.29, 0.717) is 6.04 Å². The van der Waals surface area contributed by atoms with E-state index in [0.717, 1.165) is 22.8 Å². The normalized spacial score (nSPS) is 23.3. The van der Waals surface area contributed by atoms with Crippen molar-refractivity contribution >= 4 is 16.9 Å². The molecule has 2 aromatic rings. The van der Waals surface area contributed by atoms with Gasteiger partial charge in [-0.2, -0.15) is 0 Å². The van der Waals surface area contributed by atoms with Crippen LogP contribution in [0.5, 0.6) is 0 Å². The van der Waals surface area contributed by atoms with Gasteiger partial charge in [0.1, 0.15) is 0 Å². The van der Waals surface area contributed by atoms with Gasteiger partial charge in [-0.05, 0) is 18.4 Å². The van der Waals surface area contributed by atoms with Gasteiger partial charge in [0.2, 0.25) is 5.95 Å². The predicted octanol–water partition coefficient (Wildman–Crippen LogP) is 2.84. The minimum absolute atomic E-state index is 0.589. The van der Waals surface area contributed by atoms with Crippen molar-refractivity contribution in [2.45, 2.75) is 25.8 Å². The number of benzene rings is 1. The third-order valence-electron chi connectivity index (χ3n) is 3.25. The van der Waals surface area contributed by atoms with Crippen LogP contribution in [0.25, 0.3) is 10.9 Å². The fraction of sp³-hybridized carbons (Fsp3) is 0.385. The summed E-state index contributed by atoms with van der Waals surface area (Å²) in [4.78, 5) is 8.84. The van der Waals surface area contributed by atoms with Gasteiger partial charge in [-0.3, -0.25) is 0 Å². The fourth-order valence-electron chi connectivity index (χ4n) is 2.08. The Morgan fingerprint density at radius 3 is 3.06 bits per heavy atom. The molecule has 1 N–H and O–H groups in total. The maximum Gasteiger partial charge on any atom is 0.223 e. The molecule has 1 aromatic carbocycles. The number of nitrogens with zero attached hydrogens (tertiary/aromatic N) is 2. The van der Waals surface area contributed by atoms with Crippen LogP contribution in [0.15, 0.2) is 30.5 Å². The number of aromatic nitrogens is 2. The summed E-state index contributed by atoms with van der Waals surface area (Å²) >= 11 is 0. The Balaban J connectivity index is 1.83. The zero-order valence-electron chi connectivity index (χ0n) is 9.35. The first kappa shape index (κ1) is 9.58. The van der Waals surface area contributed by atoms with Gasteiger partial charge in [-0.15, -0.1) is 0 Å². The zero-order chi connectivity index (χ0) is 11.0. The molecule has 0 bridgehead atoms. The summed E-state index contributed by atoms with van der Waals surface area (Å²) in [6.45, 7) is 2.23. The largest absolute Gasteiger partial charge is 0.351 e. The fourth-order valence-corrected chi connectivity index (χ4v) is 2.08. The van der Waals surface area contributed by atoms with E-state index < -0.39 is 0 Å². The number of anilines is 1. The standard InChI is InChI=1S/C13H15N3/c1-2-9-7-12(9)16-13-14-8-10-5-3-4-6-11(10)15-13/h3-6,8-9,12H,2,7H2,1H3,(H,14,15,16). The smallest absolute Gasteiger partial charge is 0.223 e. The minimum Gasteiger partial charge on any atom is -0.351 e. The van der Waals surface area contributed by atoms with Gasteiger partial charge in [0.15, 0.2) is 0 Å². The molecule has 1 aromatic heterocycles. The number of para-hydroxylation sites is 1. The van der Waals surface area contributed by atoms with Gasteiger partial charge in [-0.25, -0.2) is 9.97 Å². The molecule has 0 radical (unpaired) electrons. The first-order valence-corrected chi connectivity index (χ1v) is 5.85. The maximum atomic E-state index is 4.50. The Morgan fingerprint density at radius 2 is 2.25 bits per heavy atom. The van der Waals surface area contributed by atoms with E-state index >= 15 is 0 Å². The number of nitrogens with one attached hydrogen (secondary N) is 1. The quantitative estimate of drug-likeness (QED) is 0.852. The topological polar surface area (TPSA) is 37.8 Å². The Kier molecular flexibility index (Phi) is 2.24. The molecule has 3 nitrogen and oxygen atoms in total. The average Bonchev–Trinajstić information content (AvgIpc) is 3.07. The molecule has 1 fully saturated rings. The van der Waals surface area contributed by atoms with E-state index in [2.05, 4.69) is 22.2 Å². The maximum absolute atomic E-state index is 4.50. The van der Waals surface area contributed by atoms with Gasteiger partial charge in [0.05, 0.1) is 5.52 Å². The second-order valence-corrected chi connectivity index (χ2v) is 4.41. The molecule has 1 saturated carbocycles. The van der Waals surface area contributed by atoms with E-state index in [1.54, 1.807) is 0 Å². The van der Waals surface area contributed by atoms with Crippen molar-refractivity contribution in [1.29, 1.82) is 0 Å². The highest BCUT2D eigenvalue weighted by Crippen LogP contribution is 2.35. The van der Waals surface area contributed by atoms with E-state index in [1.807, 2.05) is 30.5 Å². The van der Waals surface area contributed by atoms with Crippen molar-refractivity contribution in [3.05, 3.63) is 30.5 Å². The first-order chi connectivity index (χ1) is 7.86. The van der Waals surface area contributed by atoms with Gasteiger partial charge in [-0.1, -0.05) is 31.5 Å². The lowest BCUT2D eigenvalue weighted by atomic mass is 10.2. The SMILES string of the molecule is CCC1CC1Nc1ncc2ccccc2n1. The van der Waals surface area contributed by atoms with Crippen LogP contribution in [-0.2, 0) is 0 Å². The summed E-state index contributed by atoms with van der Waals surface area (Å²) in [5, 5.41) is 4.48. The van der Waals surface area contributed by atoms with Crippen molar-refractivity contribution in [1.82, 2.24) is 9.97 Å². The van der Waals surface area contributed by atoms with Crippen molar-refractivity contribution in [3.8, 4) is 0 Å². The van der Waals surface area contributed by atoms with Crippen LogP contribution in [0.2, 0.25) is 0 Å². The van der Waals surface area contributed by atoms with Crippen LogP contribution in [-0.4, -0.2) is 16.0 Å². The van der Waals surface area contributed by atoms with Gasteiger partial charge >= 0.3 is 0 Å². The summed E-state index contributed by atoms with van der Waals surface area (Å²) in [6, 6.07) is 8.65. The molecule has 2 atom stereocenters. The number of fused-ring (bicyclic) bond motifs is 1. The predicted molar refractivity (Wildman–Crippen MR) is 65.3 cm³/mol. The minimum atomic E-state index is 0.589. The number of rotatable bonds is 3. The van der Waals surface area contributed by atoms with E-state index in [1.165, 1.54) is 12.8 Å². The molecule has 0 spiro atoms. The molecule has 2 unspecified atom stereocenters. The highest BCUT2D eigenvalue weighted by molar-refractivity contribution is 5.78. The molecule has 1 heterocycles. The van der Waals surface area contributed by atoms with Crippen LogP contribution in [0, 0.1) is 5.92 Å². The number of hydrogen-bond acceptors (Lipinski definition) is 3. The Morgan fingerprint density at radius 1 is 1.38 bits per heavy atom. The molecule has 3 heteroatoms. The molecule has 16 heavy (non-hydrogen) atoms. The van der Waals surface area contributed by atoms with E-state index in [9.17, 15) is 0 Å². The van der Waals surface area contributed by atoms with Crippen molar-refractivity contribution < 1.29 is 0 Å². The monoisotopic (exact) mass is 213 g/mol. The van der Waals surface area contributed by atoms with Crippen molar-refractivity contribution in [2.24, 2.45) is 5.92 Å². The lowest BCUT2D eigenvalue weighted by Crippen LogP contribution is -2.07. The van der Waals surface area contributed by atoms with Crippen LogP contribution in [0.1, 0.15) is 19.8 Å². The van der Waals surface area contributed by atoms with E-state index in [4.69, 9.17) is 0 Å². The summed E-state index contributed by atoms with van der Waals surface area (Å²) in [5.41, 5.74) is 1.01. The molecular weight excluding hydrogens is 198 g/mol. The van der Waals surface area contributed by atoms with Crippen LogP contribution in [0.4, 0.5) is 5.95 Å².